The van der Waals surface area contributed by atoms with Crippen molar-refractivity contribution < 1.29 is 14.6 Å². The van der Waals surface area contributed by atoms with Crippen LogP contribution >= 0.6 is 0 Å². The fraction of sp³-hybridized carbons (Fsp3) is 0.476. The molecule has 1 unspecified atom stereocenters. The zero-order chi connectivity index (χ0) is 18.3. The molecule has 1 N–H and O–H groups in total. The first kappa shape index (κ1) is 20.2. The molecule has 24 heavy (non-hydrogen) atoms. The second-order valence-electron chi connectivity index (χ2n) is 7.07. The largest absolute Gasteiger partial charge is 0.478 e. The van der Waals surface area contributed by atoms with Gasteiger partial charge in [-0.05, 0) is 55.7 Å². The van der Waals surface area contributed by atoms with E-state index in [1.54, 1.807) is 20.1 Å². The van der Waals surface area contributed by atoms with Crippen LogP contribution in [0.3, 0.4) is 0 Å². The molecule has 1 aliphatic carbocycles. The van der Waals surface area contributed by atoms with Gasteiger partial charge < -0.3 is 9.84 Å². The Kier molecular flexibility index (Phi) is 7.43. The number of aliphatic carboxylic acids is 1. The summed E-state index contributed by atoms with van der Waals surface area (Å²) in [6, 6.07) is 0. The van der Waals surface area contributed by atoms with Crippen LogP contribution in [0.2, 0.25) is 0 Å². The lowest BCUT2D eigenvalue weighted by Gasteiger charge is -2.36. The molecule has 0 saturated heterocycles. The lowest BCUT2D eigenvalue weighted by Crippen LogP contribution is -2.28. The molecule has 0 amide bonds. The Morgan fingerprint density at radius 1 is 1.25 bits per heavy atom. The fourth-order valence-electron chi connectivity index (χ4n) is 3.07. The van der Waals surface area contributed by atoms with Crippen molar-refractivity contribution in [3.8, 4) is 0 Å². The molecule has 1 aliphatic rings. The van der Waals surface area contributed by atoms with Crippen molar-refractivity contribution >= 4 is 5.97 Å². The minimum atomic E-state index is -0.924. The molecule has 0 bridgehead atoms. The molecule has 0 fully saturated rings. The summed E-state index contributed by atoms with van der Waals surface area (Å²) < 4.78 is 5.58. The van der Waals surface area contributed by atoms with Crippen molar-refractivity contribution in [3.05, 3.63) is 58.7 Å². The van der Waals surface area contributed by atoms with Crippen LogP contribution in [0.25, 0.3) is 0 Å². The van der Waals surface area contributed by atoms with E-state index in [0.29, 0.717) is 5.57 Å². The third-order valence-corrected chi connectivity index (χ3v) is 4.54. The molecule has 1 atom stereocenters. The smallest absolute Gasteiger partial charge is 0.328 e. The zero-order valence-corrected chi connectivity index (χ0v) is 15.7. The second-order valence-corrected chi connectivity index (χ2v) is 7.07. The molecule has 1 rings (SSSR count). The van der Waals surface area contributed by atoms with Crippen LogP contribution in [0, 0.1) is 5.41 Å². The van der Waals surface area contributed by atoms with E-state index < -0.39 is 5.97 Å². The predicted octanol–water partition coefficient (Wildman–Crippen LogP) is 5.23. The number of carboxylic acids is 1. The van der Waals surface area contributed by atoms with E-state index in [2.05, 4.69) is 32.9 Å². The maximum absolute atomic E-state index is 10.6. The second kappa shape index (κ2) is 8.84. The molecule has 3 nitrogen and oxygen atoms in total. The van der Waals surface area contributed by atoms with Crippen molar-refractivity contribution in [1.82, 2.24) is 0 Å². The molecule has 0 heterocycles. The monoisotopic (exact) mass is 330 g/mol. The summed E-state index contributed by atoms with van der Waals surface area (Å²) in [5.74, 6) is -0.924. The average molecular weight is 330 g/mol. The van der Waals surface area contributed by atoms with Gasteiger partial charge in [-0.2, -0.15) is 0 Å². The Bertz CT molecular complexity index is 613. The highest BCUT2D eigenvalue weighted by atomic mass is 16.5. The van der Waals surface area contributed by atoms with Gasteiger partial charge in [-0.25, -0.2) is 4.79 Å². The molecule has 0 aromatic heterocycles. The van der Waals surface area contributed by atoms with E-state index in [4.69, 9.17) is 9.84 Å². The van der Waals surface area contributed by atoms with Gasteiger partial charge in [0, 0.05) is 13.2 Å². The maximum atomic E-state index is 10.6. The highest BCUT2D eigenvalue weighted by Gasteiger charge is 2.31. The lowest BCUT2D eigenvalue weighted by molar-refractivity contribution is -0.131. The van der Waals surface area contributed by atoms with E-state index in [9.17, 15) is 4.79 Å². The summed E-state index contributed by atoms with van der Waals surface area (Å²) in [4.78, 5) is 10.6. The molecular formula is C21H30O3. The van der Waals surface area contributed by atoms with Gasteiger partial charge in [0.2, 0.25) is 0 Å². The van der Waals surface area contributed by atoms with Crippen LogP contribution in [-0.2, 0) is 9.53 Å². The topological polar surface area (TPSA) is 46.5 Å². The van der Waals surface area contributed by atoms with Crippen LogP contribution in [0.5, 0.6) is 0 Å². The Balaban J connectivity index is 2.91. The Morgan fingerprint density at radius 2 is 1.92 bits per heavy atom. The molecule has 0 radical (unpaired) electrons. The highest BCUT2D eigenvalue weighted by Crippen LogP contribution is 2.41. The summed E-state index contributed by atoms with van der Waals surface area (Å²) in [5.41, 5.74) is 4.65. The highest BCUT2D eigenvalue weighted by molar-refractivity contribution is 5.81. The normalized spacial score (nSPS) is 22.7. The summed E-state index contributed by atoms with van der Waals surface area (Å²) in [6.45, 7) is 10.5. The van der Waals surface area contributed by atoms with Crippen LogP contribution in [0.4, 0.5) is 0 Å². The number of hydrogen-bond acceptors (Lipinski definition) is 2. The predicted molar refractivity (Wildman–Crippen MR) is 99.9 cm³/mol. The SMILES string of the molecule is COC1CCC(C)(C)C(/C=C/C(C)=C\C=C\C(C)=C\C(=O)O)=C1C. The van der Waals surface area contributed by atoms with Gasteiger partial charge in [0.25, 0.3) is 0 Å². The van der Waals surface area contributed by atoms with Crippen LogP contribution < -0.4 is 0 Å². The third-order valence-electron chi connectivity index (χ3n) is 4.54. The number of methoxy groups -OCH3 is 1. The minimum Gasteiger partial charge on any atom is -0.478 e. The van der Waals surface area contributed by atoms with Crippen molar-refractivity contribution in [1.29, 1.82) is 0 Å². The van der Waals surface area contributed by atoms with Gasteiger partial charge in [0.05, 0.1) is 6.10 Å². The van der Waals surface area contributed by atoms with Crippen LogP contribution in [0.1, 0.15) is 47.5 Å². The van der Waals surface area contributed by atoms with Gasteiger partial charge in [-0.15, -0.1) is 0 Å². The van der Waals surface area contributed by atoms with Gasteiger partial charge in [-0.1, -0.05) is 49.8 Å². The molecule has 0 aromatic carbocycles. The zero-order valence-electron chi connectivity index (χ0n) is 15.7. The molecular weight excluding hydrogens is 300 g/mol. The van der Waals surface area contributed by atoms with Crippen LogP contribution in [-0.4, -0.2) is 24.3 Å². The molecule has 0 spiro atoms. The van der Waals surface area contributed by atoms with E-state index in [1.165, 1.54) is 17.2 Å². The number of hydrogen-bond donors (Lipinski definition) is 1. The Morgan fingerprint density at radius 3 is 2.50 bits per heavy atom. The summed E-state index contributed by atoms with van der Waals surface area (Å²) in [7, 11) is 1.77. The standard InChI is InChI=1S/C21H30O3/c1-15(8-7-9-16(2)14-20(22)23)10-11-18-17(3)19(24-6)12-13-21(18,4)5/h7-11,14,19H,12-13H2,1-6H3,(H,22,23)/b9-7+,11-10+,15-8-,16-14+. The average Bonchev–Trinajstić information content (AvgIpc) is 2.45. The van der Waals surface area contributed by atoms with Crippen molar-refractivity contribution in [2.75, 3.05) is 7.11 Å². The molecule has 0 aliphatic heterocycles. The van der Waals surface area contributed by atoms with E-state index in [1.807, 2.05) is 19.1 Å². The number of carboxylic acid groups (broad SMARTS) is 1. The molecule has 3 heteroatoms. The Hall–Kier alpha value is -1.87. The first-order valence-electron chi connectivity index (χ1n) is 8.35. The third kappa shape index (κ3) is 5.97. The van der Waals surface area contributed by atoms with Gasteiger partial charge in [0.1, 0.15) is 0 Å². The fourth-order valence-corrected chi connectivity index (χ4v) is 3.07. The van der Waals surface area contributed by atoms with Gasteiger partial charge in [-0.3, -0.25) is 0 Å². The number of rotatable bonds is 6. The first-order chi connectivity index (χ1) is 11.2. The van der Waals surface area contributed by atoms with E-state index in [0.717, 1.165) is 18.4 Å². The van der Waals surface area contributed by atoms with Crippen LogP contribution in [0.15, 0.2) is 58.7 Å². The van der Waals surface area contributed by atoms with E-state index >= 15 is 0 Å². The van der Waals surface area contributed by atoms with Crippen molar-refractivity contribution in [2.45, 2.75) is 53.6 Å². The number of carbonyl (C=O) groups is 1. The maximum Gasteiger partial charge on any atom is 0.328 e. The quantitative estimate of drug-likeness (QED) is 0.536. The summed E-state index contributed by atoms with van der Waals surface area (Å²) in [6.07, 6.45) is 13.5. The Labute approximate surface area is 146 Å². The summed E-state index contributed by atoms with van der Waals surface area (Å²) >= 11 is 0. The molecule has 132 valence electrons. The lowest BCUT2D eigenvalue weighted by atomic mass is 9.71. The van der Waals surface area contributed by atoms with E-state index in [-0.39, 0.29) is 11.5 Å². The number of ether oxygens (including phenoxy) is 1. The summed E-state index contributed by atoms with van der Waals surface area (Å²) in [5, 5.41) is 8.68. The van der Waals surface area contributed by atoms with Gasteiger partial charge in [0.15, 0.2) is 0 Å². The van der Waals surface area contributed by atoms with Crippen molar-refractivity contribution in [3.63, 3.8) is 0 Å². The number of allylic oxidation sites excluding steroid dienone is 8. The van der Waals surface area contributed by atoms with Crippen molar-refractivity contribution in [2.24, 2.45) is 5.41 Å². The minimum absolute atomic E-state index is 0.159. The molecule has 0 saturated carbocycles. The first-order valence-corrected chi connectivity index (χ1v) is 8.35. The van der Waals surface area contributed by atoms with Gasteiger partial charge >= 0.3 is 5.97 Å². The molecule has 0 aromatic rings.